The minimum absolute atomic E-state index is 0.183. The van der Waals surface area contributed by atoms with Crippen LogP contribution in [0, 0.1) is 0 Å². The first-order valence-corrected chi connectivity index (χ1v) is 25.2. The van der Waals surface area contributed by atoms with Crippen LogP contribution in [0.2, 0.25) is 0 Å². The first-order valence-electron chi connectivity index (χ1n) is 25.2. The predicted molar refractivity (Wildman–Crippen MR) is 258 cm³/mol. The lowest BCUT2D eigenvalue weighted by molar-refractivity contribution is -0.302. The van der Waals surface area contributed by atoms with Crippen molar-refractivity contribution in [1.82, 2.24) is 5.32 Å². The van der Waals surface area contributed by atoms with E-state index in [1.165, 1.54) is 109 Å². The largest absolute Gasteiger partial charge is 0.394 e. The molecule has 9 nitrogen and oxygen atoms in total. The summed E-state index contributed by atoms with van der Waals surface area (Å²) in [4.78, 5) is 13.0. The molecule has 0 aromatic heterocycles. The number of hydrogen-bond donors (Lipinski definition) is 6. The van der Waals surface area contributed by atoms with Crippen LogP contribution in [0.15, 0.2) is 72.9 Å². The molecule has 1 saturated heterocycles. The maximum Gasteiger partial charge on any atom is 0.220 e. The number of carbonyl (C=O) groups is 1. The summed E-state index contributed by atoms with van der Waals surface area (Å²) in [6, 6.07) is -0.806. The van der Waals surface area contributed by atoms with E-state index in [-0.39, 0.29) is 12.5 Å². The molecule has 0 aliphatic carbocycles. The second-order valence-electron chi connectivity index (χ2n) is 17.2. The maximum absolute atomic E-state index is 13.0. The maximum atomic E-state index is 13.0. The number of rotatable bonds is 41. The van der Waals surface area contributed by atoms with Gasteiger partial charge in [0.05, 0.1) is 25.4 Å². The number of nitrogens with one attached hydrogen (secondary N) is 1. The van der Waals surface area contributed by atoms with Crippen molar-refractivity contribution < 1.29 is 39.8 Å². The van der Waals surface area contributed by atoms with E-state index in [0.29, 0.717) is 6.42 Å². The van der Waals surface area contributed by atoms with Crippen LogP contribution in [-0.2, 0) is 14.3 Å². The standard InChI is InChI=1S/C53H93NO8/c1-3-5-7-9-11-13-15-16-17-18-19-20-21-22-23-24-25-26-27-28-29-30-31-32-33-35-37-39-41-43-49(57)54-46(45-61-53-52(60)51(59)50(58)48(44-55)62-53)47(56)42-40-38-36-34-14-12-10-8-6-4-2/h5,7,11,13,16-17,19-20,22-23,40,42,46-48,50-53,55-56,58-60H,3-4,6,8-10,12,14-15,18,21,24-39,41,43-45H2,1-2H3,(H,54,57)/b7-5-,13-11-,17-16-,20-19-,23-22-,42-40+. The topological polar surface area (TPSA) is 149 Å². The smallest absolute Gasteiger partial charge is 0.220 e. The summed E-state index contributed by atoms with van der Waals surface area (Å²) in [7, 11) is 0. The summed E-state index contributed by atoms with van der Waals surface area (Å²) in [5.41, 5.74) is 0. The highest BCUT2D eigenvalue weighted by molar-refractivity contribution is 5.76. The summed E-state index contributed by atoms with van der Waals surface area (Å²) in [6.45, 7) is 3.63. The molecule has 7 unspecified atom stereocenters. The third-order valence-electron chi connectivity index (χ3n) is 11.5. The molecule has 0 saturated carbocycles. The number of hydrogen-bond acceptors (Lipinski definition) is 8. The van der Waals surface area contributed by atoms with Crippen LogP contribution in [-0.4, -0.2) is 87.5 Å². The molecule has 358 valence electrons. The van der Waals surface area contributed by atoms with Crippen LogP contribution >= 0.6 is 0 Å². The Balaban J connectivity index is 2.18. The van der Waals surface area contributed by atoms with Crippen LogP contribution in [0.5, 0.6) is 0 Å². The average molecular weight is 872 g/mol. The van der Waals surface area contributed by atoms with Gasteiger partial charge in [-0.25, -0.2) is 0 Å². The third kappa shape index (κ3) is 32.3. The Kier molecular flexibility index (Phi) is 39.6. The molecule has 0 spiro atoms. The van der Waals surface area contributed by atoms with E-state index in [0.717, 1.165) is 70.6 Å². The lowest BCUT2D eigenvalue weighted by atomic mass is 9.99. The second kappa shape index (κ2) is 42.6. The molecule has 1 aliphatic heterocycles. The van der Waals surface area contributed by atoms with E-state index in [4.69, 9.17) is 9.47 Å². The molecule has 0 bridgehead atoms. The van der Waals surface area contributed by atoms with Crippen LogP contribution in [0.25, 0.3) is 0 Å². The summed E-state index contributed by atoms with van der Waals surface area (Å²) < 4.78 is 11.2. The molecule has 6 N–H and O–H groups in total. The quantitative estimate of drug-likeness (QED) is 0.0263. The fourth-order valence-corrected chi connectivity index (χ4v) is 7.53. The van der Waals surface area contributed by atoms with Gasteiger partial charge in [0.1, 0.15) is 24.4 Å². The monoisotopic (exact) mass is 872 g/mol. The highest BCUT2D eigenvalue weighted by Crippen LogP contribution is 2.23. The number of amides is 1. The van der Waals surface area contributed by atoms with E-state index >= 15 is 0 Å². The molecule has 1 heterocycles. The normalized spacial score (nSPS) is 20.9. The van der Waals surface area contributed by atoms with Crippen molar-refractivity contribution in [2.24, 2.45) is 0 Å². The highest BCUT2D eigenvalue weighted by Gasteiger charge is 2.44. The van der Waals surface area contributed by atoms with E-state index in [1.807, 2.05) is 6.08 Å². The van der Waals surface area contributed by atoms with E-state index in [2.05, 4.69) is 79.9 Å². The van der Waals surface area contributed by atoms with Crippen LogP contribution in [0.1, 0.15) is 200 Å². The summed E-state index contributed by atoms with van der Waals surface area (Å²) in [6.07, 6.45) is 51.1. The lowest BCUT2D eigenvalue weighted by Gasteiger charge is -2.40. The molecular formula is C53H93NO8. The second-order valence-corrected chi connectivity index (χ2v) is 17.2. The Morgan fingerprint density at radius 2 is 1.00 bits per heavy atom. The van der Waals surface area contributed by atoms with Crippen LogP contribution in [0.3, 0.4) is 0 Å². The SMILES string of the molecule is CC/C=C\C/C=C\C/C=C\C/C=C\C/C=C\CCCCCCCCCCCCCCCC(=O)NC(COC1OC(CO)C(O)C(O)C1O)C(O)/C=C/CCCCCCCCCC. The van der Waals surface area contributed by atoms with Crippen molar-refractivity contribution >= 4 is 5.91 Å². The molecule has 0 radical (unpaired) electrons. The third-order valence-corrected chi connectivity index (χ3v) is 11.5. The van der Waals surface area contributed by atoms with Gasteiger partial charge in [0, 0.05) is 6.42 Å². The Morgan fingerprint density at radius 1 is 0.565 bits per heavy atom. The number of aliphatic hydroxyl groups excluding tert-OH is 5. The predicted octanol–water partition coefficient (Wildman–Crippen LogP) is 11.3. The van der Waals surface area contributed by atoms with Crippen molar-refractivity contribution in [2.45, 2.75) is 243 Å². The number of ether oxygens (including phenoxy) is 2. The summed E-state index contributed by atoms with van der Waals surface area (Å²) >= 11 is 0. The van der Waals surface area contributed by atoms with Crippen molar-refractivity contribution in [3.05, 3.63) is 72.9 Å². The zero-order valence-corrected chi connectivity index (χ0v) is 39.4. The molecule has 9 heteroatoms. The van der Waals surface area contributed by atoms with Crippen molar-refractivity contribution in [3.8, 4) is 0 Å². The van der Waals surface area contributed by atoms with Gasteiger partial charge in [-0.15, -0.1) is 0 Å². The molecule has 7 atom stereocenters. The molecule has 1 rings (SSSR count). The molecule has 1 fully saturated rings. The van der Waals surface area contributed by atoms with Gasteiger partial charge in [-0.05, 0) is 64.2 Å². The first-order chi connectivity index (χ1) is 30.3. The fraction of sp³-hybridized carbons (Fsp3) is 0.755. The Labute approximate surface area is 378 Å². The van der Waals surface area contributed by atoms with Gasteiger partial charge in [0.15, 0.2) is 6.29 Å². The van der Waals surface area contributed by atoms with Crippen molar-refractivity contribution in [3.63, 3.8) is 0 Å². The molecule has 62 heavy (non-hydrogen) atoms. The number of allylic oxidation sites excluding steroid dienone is 11. The van der Waals surface area contributed by atoms with Gasteiger partial charge in [0.2, 0.25) is 5.91 Å². The molecule has 0 aromatic rings. The van der Waals surface area contributed by atoms with Gasteiger partial charge in [-0.1, -0.05) is 202 Å². The van der Waals surface area contributed by atoms with Gasteiger partial charge >= 0.3 is 0 Å². The average Bonchev–Trinajstić information content (AvgIpc) is 3.27. The van der Waals surface area contributed by atoms with Gasteiger partial charge < -0.3 is 40.3 Å². The molecule has 0 aromatic carbocycles. The summed E-state index contributed by atoms with van der Waals surface area (Å²) in [5, 5.41) is 54.1. The zero-order valence-electron chi connectivity index (χ0n) is 39.4. The Hall–Kier alpha value is -2.37. The first kappa shape index (κ1) is 57.6. The zero-order chi connectivity index (χ0) is 45.1. The van der Waals surface area contributed by atoms with Crippen LogP contribution < -0.4 is 5.32 Å². The Morgan fingerprint density at radius 3 is 1.48 bits per heavy atom. The minimum Gasteiger partial charge on any atom is -0.394 e. The van der Waals surface area contributed by atoms with Crippen LogP contribution in [0.4, 0.5) is 0 Å². The number of unbranched alkanes of at least 4 members (excludes halogenated alkanes) is 21. The van der Waals surface area contributed by atoms with Gasteiger partial charge in [-0.3, -0.25) is 4.79 Å². The van der Waals surface area contributed by atoms with Crippen molar-refractivity contribution in [2.75, 3.05) is 13.2 Å². The Bertz CT molecular complexity index is 1200. The number of aliphatic hydroxyl groups is 5. The van der Waals surface area contributed by atoms with Crippen molar-refractivity contribution in [1.29, 1.82) is 0 Å². The fourth-order valence-electron chi connectivity index (χ4n) is 7.53. The number of carbonyl (C=O) groups excluding carboxylic acids is 1. The minimum atomic E-state index is -1.57. The van der Waals surface area contributed by atoms with E-state index < -0.39 is 49.5 Å². The molecule has 1 amide bonds. The lowest BCUT2D eigenvalue weighted by Crippen LogP contribution is -2.60. The van der Waals surface area contributed by atoms with Gasteiger partial charge in [0.25, 0.3) is 0 Å². The van der Waals surface area contributed by atoms with E-state index in [1.54, 1.807) is 6.08 Å². The van der Waals surface area contributed by atoms with E-state index in [9.17, 15) is 30.3 Å². The van der Waals surface area contributed by atoms with Gasteiger partial charge in [-0.2, -0.15) is 0 Å². The highest BCUT2D eigenvalue weighted by atomic mass is 16.7. The summed E-state index contributed by atoms with van der Waals surface area (Å²) in [5.74, 6) is -0.183. The molecule has 1 aliphatic rings. The molecular weight excluding hydrogens is 779 g/mol.